The summed E-state index contributed by atoms with van der Waals surface area (Å²) in [7, 11) is 0. The summed E-state index contributed by atoms with van der Waals surface area (Å²) in [6.45, 7) is -1.09. The maximum absolute atomic E-state index is 12.9. The SMILES string of the molecule is O=C(O)c1nc2n(n1)C(c1ccccc1)CC2.O=C(c1nc2n(n1)C(c1ccccc1)CC2)N1CC(F)(F)C1. The zero-order chi connectivity index (χ0) is 27.1. The molecule has 12 heteroatoms. The van der Waals surface area contributed by atoms with Crippen LogP contribution in [0.2, 0.25) is 0 Å². The average Bonchev–Trinajstić information content (AvgIpc) is 3.69. The molecule has 2 atom stereocenters. The lowest BCUT2D eigenvalue weighted by Crippen LogP contribution is -2.58. The summed E-state index contributed by atoms with van der Waals surface area (Å²) in [5.41, 5.74) is 2.26. The summed E-state index contributed by atoms with van der Waals surface area (Å²) in [6.07, 6.45) is 3.32. The van der Waals surface area contributed by atoms with E-state index in [1.54, 1.807) is 9.36 Å². The number of aromatic carboxylic acids is 1. The van der Waals surface area contributed by atoms with Crippen LogP contribution in [0.1, 0.15) is 68.9 Å². The van der Waals surface area contributed by atoms with Crippen molar-refractivity contribution in [2.75, 3.05) is 13.1 Å². The molecule has 0 radical (unpaired) electrons. The molecule has 2 aromatic carbocycles. The minimum Gasteiger partial charge on any atom is -0.475 e. The molecule has 1 amide bonds. The van der Waals surface area contributed by atoms with Gasteiger partial charge < -0.3 is 10.0 Å². The Kier molecular flexibility index (Phi) is 6.16. The number of halogens is 2. The van der Waals surface area contributed by atoms with Crippen LogP contribution >= 0.6 is 0 Å². The number of likely N-dealkylation sites (tertiary alicyclic amines) is 1. The molecular weight excluding hydrogens is 508 g/mol. The van der Waals surface area contributed by atoms with Gasteiger partial charge in [-0.15, -0.1) is 10.2 Å². The summed E-state index contributed by atoms with van der Waals surface area (Å²) in [5, 5.41) is 17.2. The van der Waals surface area contributed by atoms with Crippen LogP contribution in [-0.4, -0.2) is 70.4 Å². The van der Waals surface area contributed by atoms with E-state index in [1.807, 2.05) is 60.7 Å². The lowest BCUT2D eigenvalue weighted by Gasteiger charge is -2.37. The lowest BCUT2D eigenvalue weighted by atomic mass is 10.1. The Hall–Kier alpha value is -4.48. The molecule has 10 nitrogen and oxygen atoms in total. The number of alkyl halides is 2. The minimum atomic E-state index is -2.77. The zero-order valence-electron chi connectivity index (χ0n) is 20.8. The molecule has 1 saturated heterocycles. The maximum Gasteiger partial charge on any atom is 0.375 e. The van der Waals surface area contributed by atoms with Crippen LogP contribution in [0.4, 0.5) is 8.78 Å². The monoisotopic (exact) mass is 533 g/mol. The zero-order valence-corrected chi connectivity index (χ0v) is 20.8. The molecule has 200 valence electrons. The van der Waals surface area contributed by atoms with Gasteiger partial charge in [-0.05, 0) is 24.0 Å². The number of nitrogens with zero attached hydrogens (tertiary/aromatic N) is 7. The van der Waals surface area contributed by atoms with Gasteiger partial charge in [0.25, 0.3) is 17.7 Å². The summed E-state index contributed by atoms with van der Waals surface area (Å²) in [4.78, 5) is 32.3. The van der Waals surface area contributed by atoms with Crippen molar-refractivity contribution in [3.8, 4) is 0 Å². The largest absolute Gasteiger partial charge is 0.475 e. The highest BCUT2D eigenvalue weighted by Gasteiger charge is 2.47. The van der Waals surface area contributed by atoms with Crippen molar-refractivity contribution in [2.45, 2.75) is 43.7 Å². The molecule has 5 heterocycles. The molecule has 0 aliphatic carbocycles. The van der Waals surface area contributed by atoms with Gasteiger partial charge in [-0.3, -0.25) is 4.79 Å². The second-order valence-corrected chi connectivity index (χ2v) is 9.85. The second-order valence-electron chi connectivity index (χ2n) is 9.85. The van der Waals surface area contributed by atoms with Crippen LogP contribution in [0, 0.1) is 0 Å². The fraction of sp³-hybridized carbons (Fsp3) is 0.333. The maximum atomic E-state index is 12.9. The Morgan fingerprint density at radius 3 is 1.69 bits per heavy atom. The Balaban J connectivity index is 0.000000147. The first-order valence-corrected chi connectivity index (χ1v) is 12.7. The summed E-state index contributed by atoms with van der Waals surface area (Å²) >= 11 is 0. The molecule has 3 aliphatic heterocycles. The van der Waals surface area contributed by atoms with Crippen LogP contribution in [0.3, 0.4) is 0 Å². The number of hydrogen-bond donors (Lipinski definition) is 1. The van der Waals surface area contributed by atoms with Crippen LogP contribution < -0.4 is 0 Å². The quantitative estimate of drug-likeness (QED) is 0.427. The average molecular weight is 534 g/mol. The molecule has 1 N–H and O–H groups in total. The summed E-state index contributed by atoms with van der Waals surface area (Å²) in [5.74, 6) is -2.95. The molecule has 7 rings (SSSR count). The molecule has 39 heavy (non-hydrogen) atoms. The van der Waals surface area contributed by atoms with E-state index in [-0.39, 0.29) is 23.7 Å². The van der Waals surface area contributed by atoms with E-state index >= 15 is 0 Å². The normalized spacial score (nSPS) is 20.4. The van der Waals surface area contributed by atoms with Crippen molar-refractivity contribution in [3.05, 3.63) is 95.1 Å². The number of carbonyl (C=O) groups is 2. The number of amides is 1. The van der Waals surface area contributed by atoms with Crippen molar-refractivity contribution >= 4 is 11.9 Å². The number of aromatic nitrogens is 6. The highest BCUT2D eigenvalue weighted by atomic mass is 19.3. The van der Waals surface area contributed by atoms with Gasteiger partial charge in [0.05, 0.1) is 25.2 Å². The highest BCUT2D eigenvalue weighted by molar-refractivity contribution is 5.91. The standard InChI is InChI=1S/C15H14F2N4O.C12H11N3O2/c16-15(17)8-20(9-15)14(22)13-18-12-7-6-11(21(12)19-13)10-4-2-1-3-5-10;16-12(17)11-13-10-7-6-9(15(10)14-11)8-4-2-1-3-5-8/h1-5,11H,6-9H2;1-5,9H,6-7H2,(H,16,17). The van der Waals surface area contributed by atoms with E-state index in [0.29, 0.717) is 0 Å². The molecule has 0 saturated carbocycles. The Morgan fingerprint density at radius 2 is 1.23 bits per heavy atom. The summed E-state index contributed by atoms with van der Waals surface area (Å²) in [6, 6.07) is 20.0. The number of benzene rings is 2. The number of hydrogen-bond acceptors (Lipinski definition) is 6. The van der Waals surface area contributed by atoms with Crippen molar-refractivity contribution in [1.82, 2.24) is 34.4 Å². The highest BCUT2D eigenvalue weighted by Crippen LogP contribution is 2.32. The first-order valence-electron chi connectivity index (χ1n) is 12.7. The van der Waals surface area contributed by atoms with Crippen LogP contribution in [-0.2, 0) is 12.8 Å². The van der Waals surface area contributed by atoms with E-state index in [9.17, 15) is 18.4 Å². The van der Waals surface area contributed by atoms with Crippen LogP contribution in [0.15, 0.2) is 60.7 Å². The van der Waals surface area contributed by atoms with Gasteiger partial charge in [0.15, 0.2) is 0 Å². The first kappa shape index (κ1) is 24.8. The molecule has 2 unspecified atom stereocenters. The molecule has 3 aliphatic rings. The van der Waals surface area contributed by atoms with Crippen LogP contribution in [0.5, 0.6) is 0 Å². The van der Waals surface area contributed by atoms with Gasteiger partial charge >= 0.3 is 5.97 Å². The predicted octanol–water partition coefficient (Wildman–Crippen LogP) is 3.42. The molecule has 1 fully saturated rings. The number of carbonyl (C=O) groups excluding carboxylic acids is 1. The fourth-order valence-electron chi connectivity index (χ4n) is 5.27. The number of carboxylic acids is 1. The van der Waals surface area contributed by atoms with Gasteiger partial charge in [-0.1, -0.05) is 60.7 Å². The molecule has 4 aromatic rings. The molecule has 0 spiro atoms. The number of fused-ring (bicyclic) bond motifs is 2. The Morgan fingerprint density at radius 1 is 0.769 bits per heavy atom. The molecule has 0 bridgehead atoms. The minimum absolute atomic E-state index is 0.0196. The molecule has 2 aromatic heterocycles. The third-order valence-electron chi connectivity index (χ3n) is 7.16. The Bertz CT molecular complexity index is 1510. The topological polar surface area (TPSA) is 119 Å². The van der Waals surface area contributed by atoms with Crippen molar-refractivity contribution in [2.24, 2.45) is 0 Å². The van der Waals surface area contributed by atoms with Gasteiger partial charge in [-0.2, -0.15) is 0 Å². The lowest BCUT2D eigenvalue weighted by molar-refractivity contribution is -0.113. The van der Waals surface area contributed by atoms with Crippen molar-refractivity contribution in [3.63, 3.8) is 0 Å². The van der Waals surface area contributed by atoms with Crippen LogP contribution in [0.25, 0.3) is 0 Å². The Labute approximate surface area is 221 Å². The van der Waals surface area contributed by atoms with E-state index < -0.39 is 30.9 Å². The molecular formula is C27H25F2N7O3. The predicted molar refractivity (Wildman–Crippen MR) is 134 cm³/mol. The van der Waals surface area contributed by atoms with Gasteiger partial charge in [0, 0.05) is 12.8 Å². The van der Waals surface area contributed by atoms with Crippen molar-refractivity contribution in [1.29, 1.82) is 0 Å². The van der Waals surface area contributed by atoms with Gasteiger partial charge in [0.1, 0.15) is 11.6 Å². The van der Waals surface area contributed by atoms with E-state index in [2.05, 4.69) is 20.2 Å². The van der Waals surface area contributed by atoms with Gasteiger partial charge in [0.2, 0.25) is 5.82 Å². The third-order valence-corrected chi connectivity index (χ3v) is 7.16. The van der Waals surface area contributed by atoms with Gasteiger partial charge in [-0.25, -0.2) is 32.9 Å². The number of carboxylic acid groups (broad SMARTS) is 1. The summed E-state index contributed by atoms with van der Waals surface area (Å²) < 4.78 is 29.2. The number of rotatable bonds is 4. The smallest absolute Gasteiger partial charge is 0.375 e. The van der Waals surface area contributed by atoms with E-state index in [4.69, 9.17) is 5.11 Å². The van der Waals surface area contributed by atoms with E-state index in [1.165, 1.54) is 0 Å². The third kappa shape index (κ3) is 4.77. The van der Waals surface area contributed by atoms with Crippen molar-refractivity contribution < 1.29 is 23.5 Å². The fourth-order valence-corrected chi connectivity index (χ4v) is 5.27. The second kappa shape index (κ2) is 9.68. The first-order chi connectivity index (χ1) is 18.8. The number of aryl methyl sites for hydroxylation is 2. The van der Waals surface area contributed by atoms with E-state index in [0.717, 1.165) is 53.4 Å².